The van der Waals surface area contributed by atoms with Crippen molar-refractivity contribution in [2.24, 2.45) is 55.3 Å². The maximum Gasteiger partial charge on any atom is 0.251 e. The van der Waals surface area contributed by atoms with Crippen molar-refractivity contribution < 1.29 is 52.7 Å². The first-order chi connectivity index (χ1) is 44.5. The van der Waals surface area contributed by atoms with Gasteiger partial charge in [-0.25, -0.2) is 0 Å². The van der Waals surface area contributed by atoms with Gasteiger partial charge in [0.1, 0.15) is 48.3 Å². The third-order valence-electron chi connectivity index (χ3n) is 13.7. The highest BCUT2D eigenvalue weighted by molar-refractivity contribution is 7.80. The first-order valence-electron chi connectivity index (χ1n) is 30.2. The van der Waals surface area contributed by atoms with Gasteiger partial charge in [-0.15, -0.1) is 0 Å². The molecule has 94 heavy (non-hydrogen) atoms. The van der Waals surface area contributed by atoms with Crippen molar-refractivity contribution in [3.63, 3.8) is 0 Å². The molecule has 3 aromatic rings. The molecule has 0 unspecified atom stereocenters. The second-order valence-corrected chi connectivity index (χ2v) is 23.4. The summed E-state index contributed by atoms with van der Waals surface area (Å²) in [6.07, 6.45) is 3.69. The number of hydrogen-bond acceptors (Lipinski definition) is 15. The number of carbonyl (C=O) groups is 11. The molecule has 23 N–H and O–H groups in total. The lowest BCUT2D eigenvalue weighted by molar-refractivity contribution is -0.135. The molecule has 0 aliphatic carbocycles. The summed E-state index contributed by atoms with van der Waals surface area (Å²) in [4.78, 5) is 162. The summed E-state index contributed by atoms with van der Waals surface area (Å²) < 4.78 is 1.83. The fourth-order valence-corrected chi connectivity index (χ4v) is 9.21. The second kappa shape index (κ2) is 41.3. The first kappa shape index (κ1) is 78.9. The van der Waals surface area contributed by atoms with E-state index in [4.69, 9.17) is 57.6 Å². The molecule has 0 aliphatic rings. The molecule has 35 heteroatoms. The van der Waals surface area contributed by atoms with Crippen molar-refractivity contribution in [3.8, 4) is 5.69 Å². The number of rotatable bonds is 40. The third kappa shape index (κ3) is 29.9. The number of halogens is 2. The van der Waals surface area contributed by atoms with Gasteiger partial charge in [-0.2, -0.15) is 12.6 Å². The number of thiol groups is 1. The minimum absolute atomic E-state index is 0.0129. The van der Waals surface area contributed by atoms with Crippen LogP contribution in [0.2, 0.25) is 10.0 Å². The quantitative estimate of drug-likeness (QED) is 0.0117. The molecule has 0 saturated carbocycles. The molecular formula is C59H89Cl2N21O11S. The van der Waals surface area contributed by atoms with Crippen LogP contribution >= 0.6 is 35.8 Å². The number of aliphatic imine (C=N–C) groups is 3. The van der Waals surface area contributed by atoms with Gasteiger partial charge in [0, 0.05) is 62.1 Å². The highest BCUT2D eigenvalue weighted by Crippen LogP contribution is 2.23. The summed E-state index contributed by atoms with van der Waals surface area (Å²) in [6.45, 7) is 6.74. The van der Waals surface area contributed by atoms with E-state index in [1.54, 1.807) is 44.2 Å². The topological polar surface area (TPSA) is 518 Å². The Morgan fingerprint density at radius 3 is 1.43 bits per heavy atom. The number of nitrogens with two attached hydrogens (primary N) is 6. The Morgan fingerprint density at radius 1 is 0.489 bits per heavy atom. The molecule has 1 aromatic heterocycles. The summed E-state index contributed by atoms with van der Waals surface area (Å²) in [5.74, 6) is -9.12. The van der Waals surface area contributed by atoms with Gasteiger partial charge in [0.25, 0.3) is 5.91 Å². The SMILES string of the molecule is CC(C)C[C@H](NC(=O)[C@H](C)NC(=O)CNC(=O)[C@H](CCCN=C(N)N)NC(=O)[C@H](CCCN=C(N)N)NC(=O)[C@H](C)NC(=O)Cc1ccc(Cl)c(Cl)c1)C(=O)N[C@@H](CCCN=C(N)N)C(=O)N[C@@H](CNC(=O)c1ccc(-n2cccc2)cc1)C(=O)N[C@@H](C)C(=O)NCCS. The van der Waals surface area contributed by atoms with Crippen LogP contribution in [0.5, 0.6) is 0 Å². The van der Waals surface area contributed by atoms with Crippen LogP contribution in [0.15, 0.2) is 82.0 Å². The Kier molecular flexibility index (Phi) is 34.6. The van der Waals surface area contributed by atoms with Crippen molar-refractivity contribution in [3.05, 3.63) is 88.2 Å². The molecule has 516 valence electrons. The van der Waals surface area contributed by atoms with Crippen LogP contribution < -0.4 is 92.9 Å². The average Bonchev–Trinajstić information content (AvgIpc) is 1.36. The molecule has 32 nitrogen and oxygen atoms in total. The number of benzene rings is 2. The molecule has 2 aromatic carbocycles. The van der Waals surface area contributed by atoms with Gasteiger partial charge in [0.2, 0.25) is 59.1 Å². The number of nitrogens with one attached hydrogen (secondary N) is 11. The van der Waals surface area contributed by atoms with Crippen molar-refractivity contribution in [2.45, 2.75) is 134 Å². The van der Waals surface area contributed by atoms with E-state index in [0.29, 0.717) is 11.3 Å². The normalized spacial score (nSPS) is 13.4. The number of aromatic nitrogens is 1. The van der Waals surface area contributed by atoms with Crippen molar-refractivity contribution in [1.82, 2.24) is 63.1 Å². The molecule has 0 aliphatic heterocycles. The van der Waals surface area contributed by atoms with Crippen LogP contribution in [0.1, 0.15) is 95.5 Å². The van der Waals surface area contributed by atoms with Crippen LogP contribution in [0.3, 0.4) is 0 Å². The molecule has 0 spiro atoms. The van der Waals surface area contributed by atoms with E-state index in [1.165, 1.54) is 32.9 Å². The van der Waals surface area contributed by atoms with Crippen LogP contribution in [0.25, 0.3) is 5.69 Å². The molecule has 8 atom stereocenters. The fraction of sp³-hybridized carbons (Fsp3) is 0.492. The van der Waals surface area contributed by atoms with Gasteiger partial charge < -0.3 is 97.5 Å². The van der Waals surface area contributed by atoms with E-state index >= 15 is 0 Å². The van der Waals surface area contributed by atoms with Crippen molar-refractivity contribution in [2.75, 3.05) is 45.0 Å². The number of amides is 11. The first-order valence-corrected chi connectivity index (χ1v) is 31.6. The van der Waals surface area contributed by atoms with Crippen LogP contribution in [-0.2, 0) is 54.4 Å². The summed E-state index contributed by atoms with van der Waals surface area (Å²) in [7, 11) is 0. The zero-order chi connectivity index (χ0) is 70.0. The standard InChI is InChI=1S/C59H89Cl2N21O11S/c1-32(2)27-44(55(92)79-43(13-10-22-71-59(66)67)54(91)81-45(56(93)76-33(3)48(85)68-23-26-94)30-72-51(88)37-15-17-38(18-16-37)82-24-6-7-25-82)80-50(87)35(5)75-47(84)31-73-52(89)41(11-8-20-69-57(62)63)78-53(90)42(12-9-21-70-58(64)65)77-49(86)34(4)74-46(83)29-36-14-19-39(60)40(61)28-36/h6-7,14-19,24-25,28,32-35,41-45,94H,8-13,20-23,26-27,29-31H2,1-5H3,(H,68,85)(H,72,88)(H,73,89)(H,74,83)(H,75,84)(H,76,93)(H,77,86)(H,78,90)(H,79,92)(H,80,87)(H,81,91)(H4,62,63,69)(H4,64,65,70)(H4,66,67,71)/t33-,34-,35-,41-,42-,43-,44-,45-/m0/s1. The molecule has 0 fully saturated rings. The Balaban J connectivity index is 1.78. The lowest BCUT2D eigenvalue weighted by atomic mass is 10.0. The zero-order valence-corrected chi connectivity index (χ0v) is 55.5. The molecule has 1 heterocycles. The highest BCUT2D eigenvalue weighted by atomic mass is 35.5. The number of nitrogens with zero attached hydrogens (tertiary/aromatic N) is 4. The van der Waals surface area contributed by atoms with Crippen molar-refractivity contribution >= 4 is 119 Å². The van der Waals surface area contributed by atoms with Gasteiger partial charge in [-0.1, -0.05) is 43.1 Å². The highest BCUT2D eigenvalue weighted by Gasteiger charge is 2.33. The third-order valence-corrected chi connectivity index (χ3v) is 14.6. The van der Waals surface area contributed by atoms with Gasteiger partial charge in [-0.3, -0.25) is 67.7 Å². The van der Waals surface area contributed by atoms with Gasteiger partial charge in [-0.05, 0) is 126 Å². The summed E-state index contributed by atoms with van der Waals surface area (Å²) in [6, 6.07) is 4.31. The fourth-order valence-electron chi connectivity index (χ4n) is 8.78. The van der Waals surface area contributed by atoms with E-state index < -0.39 is 126 Å². The number of hydrogen-bond donors (Lipinski definition) is 18. The molecule has 0 radical (unpaired) electrons. The average molecular weight is 1370 g/mol. The van der Waals surface area contributed by atoms with Crippen LogP contribution in [0.4, 0.5) is 0 Å². The summed E-state index contributed by atoms with van der Waals surface area (Å²) in [5, 5.41) is 28.8. The zero-order valence-electron chi connectivity index (χ0n) is 53.1. The van der Waals surface area contributed by atoms with Crippen molar-refractivity contribution in [1.29, 1.82) is 0 Å². The van der Waals surface area contributed by atoms with Gasteiger partial charge in [0.05, 0.1) is 23.0 Å². The van der Waals surface area contributed by atoms with E-state index in [0.717, 1.165) is 5.69 Å². The Morgan fingerprint density at radius 2 is 0.936 bits per heavy atom. The van der Waals surface area contributed by atoms with E-state index in [1.807, 2.05) is 29.1 Å². The predicted octanol–water partition coefficient (Wildman–Crippen LogP) is -2.94. The van der Waals surface area contributed by atoms with Gasteiger partial charge in [0.15, 0.2) is 17.9 Å². The van der Waals surface area contributed by atoms with Crippen LogP contribution in [-0.4, -0.2) is 181 Å². The summed E-state index contributed by atoms with van der Waals surface area (Å²) >= 11 is 16.2. The maximum absolute atomic E-state index is 14.3. The Labute approximate surface area is 560 Å². The Hall–Kier alpha value is -9.37. The summed E-state index contributed by atoms with van der Waals surface area (Å²) in [5.41, 5.74) is 34.6. The largest absolute Gasteiger partial charge is 0.370 e. The smallest absolute Gasteiger partial charge is 0.251 e. The lowest BCUT2D eigenvalue weighted by Crippen LogP contribution is -2.60. The molecule has 11 amide bonds. The number of carbonyl (C=O) groups excluding carboxylic acids is 11. The monoisotopic (exact) mass is 1370 g/mol. The molecule has 0 bridgehead atoms. The molecule has 0 saturated heterocycles. The maximum atomic E-state index is 14.3. The minimum atomic E-state index is -1.52. The predicted molar refractivity (Wildman–Crippen MR) is 360 cm³/mol. The molecule has 3 rings (SSSR count). The van der Waals surface area contributed by atoms with E-state index in [-0.39, 0.29) is 117 Å². The second-order valence-electron chi connectivity index (χ2n) is 22.1. The van der Waals surface area contributed by atoms with E-state index in [9.17, 15) is 52.7 Å². The van der Waals surface area contributed by atoms with Crippen LogP contribution in [0, 0.1) is 5.92 Å². The van der Waals surface area contributed by atoms with Gasteiger partial charge >= 0.3 is 0 Å². The minimum Gasteiger partial charge on any atom is -0.370 e. The van der Waals surface area contributed by atoms with E-state index in [2.05, 4.69) is 86.1 Å². The molecular weight excluding hydrogens is 1280 g/mol. The lowest BCUT2D eigenvalue weighted by Gasteiger charge is -2.27. The Bertz CT molecular complexity index is 3140. The number of guanidine groups is 3.